The molecule has 0 spiro atoms. The Morgan fingerprint density at radius 1 is 1.24 bits per heavy atom. The number of nitrogens with zero attached hydrogens (tertiary/aromatic N) is 2. The van der Waals surface area contributed by atoms with Crippen LogP contribution in [0.4, 0.5) is 8.78 Å². The lowest BCUT2D eigenvalue weighted by molar-refractivity contribution is 0.505. The molecule has 0 radical (unpaired) electrons. The lowest BCUT2D eigenvalue weighted by Crippen LogP contribution is -2.27. The van der Waals surface area contributed by atoms with Crippen molar-refractivity contribution in [1.29, 1.82) is 0 Å². The van der Waals surface area contributed by atoms with Crippen LogP contribution < -0.4 is 5.32 Å². The summed E-state index contributed by atoms with van der Waals surface area (Å²) in [5, 5.41) is 3.21. The number of halogens is 2. The molecule has 1 N–H and O–H groups in total. The molecule has 1 aliphatic heterocycles. The lowest BCUT2D eigenvalue weighted by Gasteiger charge is -2.13. The van der Waals surface area contributed by atoms with Gasteiger partial charge >= 0.3 is 0 Å². The van der Waals surface area contributed by atoms with Gasteiger partial charge in [-0.3, -0.25) is 0 Å². The number of rotatable bonds is 1. The van der Waals surface area contributed by atoms with Gasteiger partial charge in [0, 0.05) is 24.8 Å². The largest absolute Gasteiger partial charge is 0.332 e. The Morgan fingerprint density at radius 3 is 2.88 bits per heavy atom. The van der Waals surface area contributed by atoms with E-state index in [-0.39, 0.29) is 0 Å². The number of hydrogen-bond acceptors (Lipinski definition) is 2. The monoisotopic (exact) mass is 235 g/mol. The second-order valence-electron chi connectivity index (χ2n) is 4.04. The molecule has 2 heterocycles. The van der Waals surface area contributed by atoms with Gasteiger partial charge in [0.05, 0.1) is 12.2 Å². The molecule has 0 unspecified atom stereocenters. The zero-order chi connectivity index (χ0) is 11.8. The van der Waals surface area contributed by atoms with Gasteiger partial charge in [0.15, 0.2) is 11.6 Å². The molecule has 1 aliphatic rings. The Kier molecular flexibility index (Phi) is 2.40. The molecular weight excluding hydrogens is 224 g/mol. The average molecular weight is 235 g/mol. The lowest BCUT2D eigenvalue weighted by atomic mass is 10.1. The van der Waals surface area contributed by atoms with Crippen molar-refractivity contribution in [3.05, 3.63) is 41.9 Å². The molecule has 17 heavy (non-hydrogen) atoms. The Balaban J connectivity index is 2.03. The third-order valence-electron chi connectivity index (χ3n) is 2.89. The van der Waals surface area contributed by atoms with E-state index in [1.165, 1.54) is 6.07 Å². The molecule has 5 heteroatoms. The summed E-state index contributed by atoms with van der Waals surface area (Å²) < 4.78 is 28.0. The van der Waals surface area contributed by atoms with E-state index in [9.17, 15) is 8.78 Å². The van der Waals surface area contributed by atoms with Crippen molar-refractivity contribution in [2.24, 2.45) is 0 Å². The number of aromatic nitrogens is 2. The van der Waals surface area contributed by atoms with E-state index >= 15 is 0 Å². The highest BCUT2D eigenvalue weighted by Crippen LogP contribution is 2.21. The van der Waals surface area contributed by atoms with Crippen LogP contribution >= 0.6 is 0 Å². The van der Waals surface area contributed by atoms with Crippen LogP contribution in [0.15, 0.2) is 24.4 Å². The molecule has 0 saturated heterocycles. The zero-order valence-corrected chi connectivity index (χ0v) is 9.08. The summed E-state index contributed by atoms with van der Waals surface area (Å²) in [4.78, 5) is 4.40. The molecule has 2 aromatic rings. The Labute approximate surface area is 97.1 Å². The first-order valence-electron chi connectivity index (χ1n) is 5.46. The predicted molar refractivity (Wildman–Crippen MR) is 59.3 cm³/mol. The van der Waals surface area contributed by atoms with Crippen molar-refractivity contribution in [2.45, 2.75) is 13.1 Å². The van der Waals surface area contributed by atoms with Gasteiger partial charge in [-0.25, -0.2) is 13.8 Å². The quantitative estimate of drug-likeness (QED) is 0.818. The normalized spacial score (nSPS) is 14.7. The second-order valence-corrected chi connectivity index (χ2v) is 4.04. The number of imidazole rings is 1. The fourth-order valence-corrected chi connectivity index (χ4v) is 1.98. The molecule has 0 atom stereocenters. The zero-order valence-electron chi connectivity index (χ0n) is 9.08. The van der Waals surface area contributed by atoms with E-state index in [2.05, 4.69) is 10.3 Å². The summed E-state index contributed by atoms with van der Waals surface area (Å²) in [7, 11) is 0. The Hall–Kier alpha value is -1.75. The summed E-state index contributed by atoms with van der Waals surface area (Å²) in [6.45, 7) is 2.47. The minimum atomic E-state index is -0.841. The maximum absolute atomic E-state index is 13.1. The van der Waals surface area contributed by atoms with Crippen molar-refractivity contribution < 1.29 is 8.78 Å². The second kappa shape index (κ2) is 3.92. The van der Waals surface area contributed by atoms with Crippen LogP contribution in [0.25, 0.3) is 11.3 Å². The Bertz CT molecular complexity index is 539. The topological polar surface area (TPSA) is 29.9 Å². The molecule has 3 nitrogen and oxygen atoms in total. The molecule has 0 bridgehead atoms. The molecular formula is C12H11F2N3. The molecule has 1 aromatic carbocycles. The minimum absolute atomic E-state index is 0.603. The number of benzene rings is 1. The summed E-state index contributed by atoms with van der Waals surface area (Å²) in [5.41, 5.74) is 1.29. The maximum atomic E-state index is 13.1. The first-order chi connectivity index (χ1) is 8.24. The average Bonchev–Trinajstić information content (AvgIpc) is 2.76. The van der Waals surface area contributed by atoms with E-state index in [0.29, 0.717) is 17.8 Å². The van der Waals surface area contributed by atoms with Gasteiger partial charge in [-0.1, -0.05) is 0 Å². The smallest absolute Gasteiger partial charge is 0.159 e. The van der Waals surface area contributed by atoms with Gasteiger partial charge in [0.2, 0.25) is 0 Å². The first-order valence-corrected chi connectivity index (χ1v) is 5.46. The number of nitrogens with one attached hydrogen (secondary N) is 1. The summed E-state index contributed by atoms with van der Waals surface area (Å²) in [5.74, 6) is -0.748. The highest BCUT2D eigenvalue weighted by atomic mass is 19.2. The van der Waals surface area contributed by atoms with E-state index in [4.69, 9.17) is 0 Å². The summed E-state index contributed by atoms with van der Waals surface area (Å²) in [6, 6.07) is 3.85. The van der Waals surface area contributed by atoms with Crippen LogP contribution in [0.1, 0.15) is 5.82 Å². The van der Waals surface area contributed by atoms with E-state index < -0.39 is 11.6 Å². The van der Waals surface area contributed by atoms with Gasteiger partial charge in [-0.15, -0.1) is 0 Å². The minimum Gasteiger partial charge on any atom is -0.332 e. The fraction of sp³-hybridized carbons (Fsp3) is 0.250. The maximum Gasteiger partial charge on any atom is 0.159 e. The third-order valence-corrected chi connectivity index (χ3v) is 2.89. The molecule has 0 amide bonds. The van der Waals surface area contributed by atoms with Crippen LogP contribution in [0.3, 0.4) is 0 Å². The number of hydrogen-bond donors (Lipinski definition) is 1. The van der Waals surface area contributed by atoms with E-state index in [0.717, 1.165) is 25.0 Å². The molecule has 88 valence electrons. The molecule has 0 saturated carbocycles. The van der Waals surface area contributed by atoms with Gasteiger partial charge in [0.25, 0.3) is 0 Å². The number of fused-ring (bicyclic) bond motifs is 1. The van der Waals surface area contributed by atoms with Crippen LogP contribution in [0.5, 0.6) is 0 Å². The molecule has 0 fully saturated rings. The van der Waals surface area contributed by atoms with Gasteiger partial charge in [-0.05, 0) is 18.2 Å². The molecule has 3 rings (SSSR count). The van der Waals surface area contributed by atoms with Gasteiger partial charge in [0.1, 0.15) is 5.82 Å². The van der Waals surface area contributed by atoms with Crippen LogP contribution in [0.2, 0.25) is 0 Å². The van der Waals surface area contributed by atoms with Crippen molar-refractivity contribution in [3.63, 3.8) is 0 Å². The summed E-state index contributed by atoms with van der Waals surface area (Å²) >= 11 is 0. The fourth-order valence-electron chi connectivity index (χ4n) is 1.98. The van der Waals surface area contributed by atoms with Crippen molar-refractivity contribution >= 4 is 0 Å². The third kappa shape index (κ3) is 1.82. The van der Waals surface area contributed by atoms with Crippen LogP contribution in [-0.2, 0) is 13.1 Å². The van der Waals surface area contributed by atoms with Crippen molar-refractivity contribution in [1.82, 2.24) is 14.9 Å². The highest BCUT2D eigenvalue weighted by Gasteiger charge is 2.13. The Morgan fingerprint density at radius 2 is 2.12 bits per heavy atom. The first kappa shape index (κ1) is 10.4. The van der Waals surface area contributed by atoms with Crippen molar-refractivity contribution in [3.8, 4) is 11.3 Å². The van der Waals surface area contributed by atoms with Gasteiger partial charge < -0.3 is 9.88 Å². The highest BCUT2D eigenvalue weighted by molar-refractivity contribution is 5.58. The van der Waals surface area contributed by atoms with Crippen molar-refractivity contribution in [2.75, 3.05) is 6.54 Å². The summed E-state index contributed by atoms with van der Waals surface area (Å²) in [6.07, 6.45) is 1.88. The van der Waals surface area contributed by atoms with Crippen LogP contribution in [0, 0.1) is 11.6 Å². The predicted octanol–water partition coefficient (Wildman–Crippen LogP) is 1.93. The standard InChI is InChI=1S/C12H11F2N3/c13-9-2-1-8(5-10(9)14)11-7-17-4-3-15-6-12(17)16-11/h1-2,5,7,15H,3-4,6H2. The van der Waals surface area contributed by atoms with Crippen LogP contribution in [-0.4, -0.2) is 16.1 Å². The molecule has 0 aliphatic carbocycles. The van der Waals surface area contributed by atoms with E-state index in [1.54, 1.807) is 6.07 Å². The van der Waals surface area contributed by atoms with Gasteiger partial charge in [-0.2, -0.15) is 0 Å². The SMILES string of the molecule is Fc1ccc(-c2cn3c(n2)CNCC3)cc1F. The molecule has 1 aromatic heterocycles. The van der Waals surface area contributed by atoms with E-state index in [1.807, 2.05) is 10.8 Å².